The number of carboxylic acids is 1. The van der Waals surface area contributed by atoms with E-state index in [0.29, 0.717) is 13.0 Å². The van der Waals surface area contributed by atoms with E-state index in [-0.39, 0.29) is 23.9 Å². The van der Waals surface area contributed by atoms with E-state index in [9.17, 15) is 27.9 Å². The zero-order chi connectivity index (χ0) is 18.8. The quantitative estimate of drug-likeness (QED) is 0.873. The molecule has 1 unspecified atom stereocenters. The van der Waals surface area contributed by atoms with Crippen LogP contribution in [0.5, 0.6) is 5.88 Å². The van der Waals surface area contributed by atoms with Gasteiger partial charge in [0.1, 0.15) is 0 Å². The van der Waals surface area contributed by atoms with Gasteiger partial charge in [-0.15, -0.1) is 0 Å². The standard InChI is InChI=1S/C16H19F3N2O4/c1-10(2)15(14(23)24)5-6-21(8-15)13(22)11-3-4-12(20-7-11)25-9-16(17,18)19/h3-4,7,10H,5-6,8-9H2,1-2H3,(H,23,24). The number of carbonyl (C=O) groups is 2. The summed E-state index contributed by atoms with van der Waals surface area (Å²) in [6, 6.07) is 2.50. The van der Waals surface area contributed by atoms with Gasteiger partial charge in [0, 0.05) is 25.4 Å². The van der Waals surface area contributed by atoms with Crippen LogP contribution in [0.1, 0.15) is 30.6 Å². The third-order valence-electron chi connectivity index (χ3n) is 4.49. The van der Waals surface area contributed by atoms with Gasteiger partial charge in [-0.3, -0.25) is 9.59 Å². The van der Waals surface area contributed by atoms with Crippen LogP contribution in [0.15, 0.2) is 18.3 Å². The molecule has 1 saturated heterocycles. The Balaban J connectivity index is 2.05. The fourth-order valence-electron chi connectivity index (χ4n) is 2.83. The molecular weight excluding hydrogens is 341 g/mol. The molecule has 1 amide bonds. The highest BCUT2D eigenvalue weighted by molar-refractivity contribution is 5.94. The number of rotatable bonds is 5. The Kier molecular flexibility index (Phi) is 5.24. The second-order valence-electron chi connectivity index (χ2n) is 6.38. The number of pyridine rings is 1. The summed E-state index contributed by atoms with van der Waals surface area (Å²) in [5.74, 6) is -1.72. The molecule has 0 aliphatic carbocycles. The van der Waals surface area contributed by atoms with Gasteiger partial charge in [-0.25, -0.2) is 4.98 Å². The summed E-state index contributed by atoms with van der Waals surface area (Å²) in [5.41, 5.74) is -0.817. The smallest absolute Gasteiger partial charge is 0.422 e. The van der Waals surface area contributed by atoms with Gasteiger partial charge in [-0.05, 0) is 18.4 Å². The van der Waals surface area contributed by atoms with Crippen LogP contribution in [0, 0.1) is 11.3 Å². The highest BCUT2D eigenvalue weighted by atomic mass is 19.4. The van der Waals surface area contributed by atoms with E-state index in [1.165, 1.54) is 17.0 Å². The number of amides is 1. The molecule has 1 aromatic heterocycles. The Bertz CT molecular complexity index is 646. The second-order valence-corrected chi connectivity index (χ2v) is 6.38. The molecule has 1 aliphatic heterocycles. The SMILES string of the molecule is CC(C)C1(C(=O)O)CCN(C(=O)c2ccc(OCC(F)(F)F)nc2)C1. The Morgan fingerprint density at radius 3 is 2.52 bits per heavy atom. The summed E-state index contributed by atoms with van der Waals surface area (Å²) in [7, 11) is 0. The second kappa shape index (κ2) is 6.89. The molecule has 0 saturated carbocycles. The molecule has 138 valence electrons. The topological polar surface area (TPSA) is 79.7 Å². The van der Waals surface area contributed by atoms with E-state index in [4.69, 9.17) is 0 Å². The molecule has 1 fully saturated rings. The van der Waals surface area contributed by atoms with Crippen molar-refractivity contribution in [2.45, 2.75) is 26.4 Å². The van der Waals surface area contributed by atoms with Crippen LogP contribution in [0.2, 0.25) is 0 Å². The molecule has 1 aliphatic rings. The van der Waals surface area contributed by atoms with E-state index < -0.39 is 30.1 Å². The Morgan fingerprint density at radius 2 is 2.08 bits per heavy atom. The average Bonchev–Trinajstić information content (AvgIpc) is 2.99. The number of aromatic nitrogens is 1. The summed E-state index contributed by atoms with van der Waals surface area (Å²) < 4.78 is 40.8. The monoisotopic (exact) mass is 360 g/mol. The van der Waals surface area contributed by atoms with Crippen molar-refractivity contribution in [3.63, 3.8) is 0 Å². The number of carboxylic acid groups (broad SMARTS) is 1. The van der Waals surface area contributed by atoms with Crippen molar-refractivity contribution in [3.05, 3.63) is 23.9 Å². The van der Waals surface area contributed by atoms with Crippen molar-refractivity contribution in [2.24, 2.45) is 11.3 Å². The number of hydrogen-bond donors (Lipinski definition) is 1. The van der Waals surface area contributed by atoms with Gasteiger partial charge in [-0.2, -0.15) is 13.2 Å². The van der Waals surface area contributed by atoms with Crippen LogP contribution in [-0.4, -0.2) is 52.7 Å². The maximum absolute atomic E-state index is 12.5. The van der Waals surface area contributed by atoms with Crippen molar-refractivity contribution < 1.29 is 32.6 Å². The van der Waals surface area contributed by atoms with Crippen LogP contribution in [-0.2, 0) is 4.79 Å². The van der Waals surface area contributed by atoms with Crippen molar-refractivity contribution in [1.29, 1.82) is 0 Å². The molecular formula is C16H19F3N2O4. The lowest BCUT2D eigenvalue weighted by Gasteiger charge is -2.28. The number of ether oxygens (including phenoxy) is 1. The van der Waals surface area contributed by atoms with E-state index in [2.05, 4.69) is 9.72 Å². The zero-order valence-corrected chi connectivity index (χ0v) is 13.8. The predicted octanol–water partition coefficient (Wildman–Crippen LogP) is 2.60. The average molecular weight is 360 g/mol. The minimum atomic E-state index is -4.47. The normalized spacial score (nSPS) is 20.8. The van der Waals surface area contributed by atoms with Gasteiger partial charge in [0.2, 0.25) is 5.88 Å². The summed E-state index contributed by atoms with van der Waals surface area (Å²) >= 11 is 0. The van der Waals surface area contributed by atoms with Gasteiger partial charge in [0.15, 0.2) is 6.61 Å². The molecule has 0 aromatic carbocycles. The molecule has 0 spiro atoms. The van der Waals surface area contributed by atoms with Crippen LogP contribution >= 0.6 is 0 Å². The molecule has 2 heterocycles. The fourth-order valence-corrected chi connectivity index (χ4v) is 2.83. The minimum absolute atomic E-state index is 0.0885. The number of alkyl halides is 3. The molecule has 1 atom stereocenters. The third kappa shape index (κ3) is 4.21. The zero-order valence-electron chi connectivity index (χ0n) is 13.8. The Morgan fingerprint density at radius 1 is 1.40 bits per heavy atom. The first kappa shape index (κ1) is 19.0. The summed E-state index contributed by atoms with van der Waals surface area (Å²) in [6.45, 7) is 2.53. The first-order valence-electron chi connectivity index (χ1n) is 7.73. The number of hydrogen-bond acceptors (Lipinski definition) is 4. The first-order chi connectivity index (χ1) is 11.5. The van der Waals surface area contributed by atoms with Crippen molar-refractivity contribution in [3.8, 4) is 5.88 Å². The lowest BCUT2D eigenvalue weighted by Crippen LogP contribution is -2.40. The maximum Gasteiger partial charge on any atom is 0.422 e. The Labute approximate surface area is 142 Å². The molecule has 25 heavy (non-hydrogen) atoms. The number of aliphatic carboxylic acids is 1. The number of nitrogens with zero attached hydrogens (tertiary/aromatic N) is 2. The lowest BCUT2D eigenvalue weighted by molar-refractivity contribution is -0.154. The predicted molar refractivity (Wildman–Crippen MR) is 81.2 cm³/mol. The lowest BCUT2D eigenvalue weighted by atomic mass is 9.76. The maximum atomic E-state index is 12.5. The van der Waals surface area contributed by atoms with Crippen LogP contribution < -0.4 is 4.74 Å². The number of carbonyl (C=O) groups excluding carboxylic acids is 1. The Hall–Kier alpha value is -2.32. The van der Waals surface area contributed by atoms with Crippen molar-refractivity contribution in [1.82, 2.24) is 9.88 Å². The molecule has 6 nitrogen and oxygen atoms in total. The van der Waals surface area contributed by atoms with E-state index >= 15 is 0 Å². The minimum Gasteiger partial charge on any atom is -0.481 e. The van der Waals surface area contributed by atoms with Crippen LogP contribution in [0.25, 0.3) is 0 Å². The third-order valence-corrected chi connectivity index (χ3v) is 4.49. The van der Waals surface area contributed by atoms with E-state index in [1.54, 1.807) is 13.8 Å². The molecule has 1 aromatic rings. The number of likely N-dealkylation sites (tertiary alicyclic amines) is 1. The number of halogens is 3. The van der Waals surface area contributed by atoms with Crippen molar-refractivity contribution >= 4 is 11.9 Å². The highest BCUT2D eigenvalue weighted by Gasteiger charge is 2.48. The van der Waals surface area contributed by atoms with Gasteiger partial charge in [0.25, 0.3) is 5.91 Å². The van der Waals surface area contributed by atoms with Crippen LogP contribution in [0.4, 0.5) is 13.2 Å². The molecule has 0 radical (unpaired) electrons. The molecule has 1 N–H and O–H groups in total. The molecule has 0 bridgehead atoms. The first-order valence-corrected chi connectivity index (χ1v) is 7.73. The fraction of sp³-hybridized carbons (Fsp3) is 0.562. The van der Waals surface area contributed by atoms with Crippen LogP contribution in [0.3, 0.4) is 0 Å². The van der Waals surface area contributed by atoms with Gasteiger partial charge in [-0.1, -0.05) is 13.8 Å². The summed E-state index contributed by atoms with van der Waals surface area (Å²) in [4.78, 5) is 29.2. The van der Waals surface area contributed by atoms with E-state index in [0.717, 1.165) is 6.20 Å². The molecule has 2 rings (SSSR count). The largest absolute Gasteiger partial charge is 0.481 e. The summed E-state index contributed by atoms with van der Waals surface area (Å²) in [5, 5.41) is 9.51. The van der Waals surface area contributed by atoms with Gasteiger partial charge >= 0.3 is 12.1 Å². The highest BCUT2D eigenvalue weighted by Crippen LogP contribution is 2.38. The summed E-state index contributed by atoms with van der Waals surface area (Å²) in [6.07, 6.45) is -2.99. The van der Waals surface area contributed by atoms with Crippen molar-refractivity contribution in [2.75, 3.05) is 19.7 Å². The van der Waals surface area contributed by atoms with E-state index in [1.807, 2.05) is 0 Å². The van der Waals surface area contributed by atoms with Gasteiger partial charge in [0.05, 0.1) is 11.0 Å². The van der Waals surface area contributed by atoms with Gasteiger partial charge < -0.3 is 14.7 Å². The molecule has 9 heteroatoms.